The molecule has 0 aliphatic rings. The first kappa shape index (κ1) is 24.4. The first-order valence-corrected chi connectivity index (χ1v) is 12.2. The van der Waals surface area contributed by atoms with Crippen LogP contribution in [0.4, 0.5) is 0 Å². The normalized spacial score (nSPS) is 11.5. The third-order valence-electron chi connectivity index (χ3n) is 5.82. The Balaban J connectivity index is 1.69. The molecule has 5 nitrogen and oxygen atoms in total. The van der Waals surface area contributed by atoms with Gasteiger partial charge in [-0.2, -0.15) is 5.10 Å². The maximum absolute atomic E-state index is 13.3. The lowest BCUT2D eigenvalue weighted by atomic mass is 10.0. The van der Waals surface area contributed by atoms with Gasteiger partial charge >= 0.3 is 0 Å². The van der Waals surface area contributed by atoms with Gasteiger partial charge in [0.1, 0.15) is 5.75 Å². The van der Waals surface area contributed by atoms with Crippen molar-refractivity contribution >= 4 is 34.1 Å². The highest BCUT2D eigenvalue weighted by Crippen LogP contribution is 2.29. The van der Waals surface area contributed by atoms with Crippen LogP contribution in [0.25, 0.3) is 22.2 Å². The lowest BCUT2D eigenvalue weighted by Gasteiger charge is -2.11. The number of fused-ring (bicyclic) bond motifs is 1. The molecule has 0 bridgehead atoms. The van der Waals surface area contributed by atoms with Gasteiger partial charge in [-0.1, -0.05) is 61.8 Å². The van der Waals surface area contributed by atoms with Gasteiger partial charge in [0.25, 0.3) is 5.91 Å². The molecule has 35 heavy (non-hydrogen) atoms. The summed E-state index contributed by atoms with van der Waals surface area (Å²) < 4.78 is 5.51. The standard InChI is InChI=1S/C29H28ClN3O2/c1-4-19-10-12-21(13-11-19)27-18-24(23-8-7-9-25(30)28(23)31-27)29(34)33-32-26(5-2)20-14-16-22(17-15-20)35-6-3/h7-18H,4-6H2,1-3H3,(H,33,34)/b32-26+. The molecule has 4 aromatic rings. The number of hydrogen-bond donors (Lipinski definition) is 1. The van der Waals surface area contributed by atoms with Crippen LogP contribution in [0.15, 0.2) is 77.9 Å². The number of halogens is 1. The maximum atomic E-state index is 13.3. The van der Waals surface area contributed by atoms with E-state index in [4.69, 9.17) is 21.3 Å². The van der Waals surface area contributed by atoms with Crippen molar-refractivity contribution in [3.63, 3.8) is 0 Å². The predicted molar refractivity (Wildman–Crippen MR) is 143 cm³/mol. The molecular weight excluding hydrogens is 458 g/mol. The number of hydrogen-bond acceptors (Lipinski definition) is 4. The Morgan fingerprint density at radius 3 is 2.40 bits per heavy atom. The fourth-order valence-electron chi connectivity index (χ4n) is 3.90. The van der Waals surface area contributed by atoms with Crippen LogP contribution in [0.3, 0.4) is 0 Å². The lowest BCUT2D eigenvalue weighted by Crippen LogP contribution is -2.20. The van der Waals surface area contributed by atoms with Crippen molar-refractivity contribution in [2.45, 2.75) is 33.6 Å². The molecule has 0 aliphatic carbocycles. The van der Waals surface area contributed by atoms with Crippen molar-refractivity contribution in [3.8, 4) is 17.0 Å². The van der Waals surface area contributed by atoms with E-state index in [1.807, 2.05) is 62.4 Å². The van der Waals surface area contributed by atoms with E-state index in [0.717, 1.165) is 29.0 Å². The van der Waals surface area contributed by atoms with Crippen LogP contribution in [0.2, 0.25) is 5.02 Å². The second kappa shape index (κ2) is 11.2. The number of benzene rings is 3. The van der Waals surface area contributed by atoms with Gasteiger partial charge in [0.2, 0.25) is 0 Å². The summed E-state index contributed by atoms with van der Waals surface area (Å²) in [7, 11) is 0. The smallest absolute Gasteiger partial charge is 0.272 e. The van der Waals surface area contributed by atoms with E-state index in [0.29, 0.717) is 40.2 Å². The Bertz CT molecular complexity index is 1360. The van der Waals surface area contributed by atoms with E-state index in [-0.39, 0.29) is 5.91 Å². The molecule has 0 saturated carbocycles. The Labute approximate surface area is 210 Å². The molecule has 6 heteroatoms. The minimum Gasteiger partial charge on any atom is -0.494 e. The van der Waals surface area contributed by atoms with Crippen LogP contribution in [0, 0.1) is 0 Å². The van der Waals surface area contributed by atoms with Crippen LogP contribution < -0.4 is 10.2 Å². The molecular formula is C29H28ClN3O2. The second-order valence-corrected chi connectivity index (χ2v) is 8.46. The van der Waals surface area contributed by atoms with Crippen LogP contribution in [-0.4, -0.2) is 23.2 Å². The Hall–Kier alpha value is -3.70. The lowest BCUT2D eigenvalue weighted by molar-refractivity contribution is 0.0956. The van der Waals surface area contributed by atoms with Crippen LogP contribution in [0.1, 0.15) is 48.7 Å². The molecule has 1 aromatic heterocycles. The zero-order chi connectivity index (χ0) is 24.8. The highest BCUT2D eigenvalue weighted by Gasteiger charge is 2.16. The number of rotatable bonds is 8. The number of carbonyl (C=O) groups excluding carboxylic acids is 1. The van der Waals surface area contributed by atoms with Gasteiger partial charge < -0.3 is 4.74 Å². The van der Waals surface area contributed by atoms with Crippen molar-refractivity contribution in [1.82, 2.24) is 10.4 Å². The third-order valence-corrected chi connectivity index (χ3v) is 6.12. The SMILES string of the molecule is CCOc1ccc(/C(CC)=N/NC(=O)c2cc(-c3ccc(CC)cc3)nc3c(Cl)cccc23)cc1. The van der Waals surface area contributed by atoms with Crippen molar-refractivity contribution in [1.29, 1.82) is 0 Å². The molecule has 0 aliphatic heterocycles. The summed E-state index contributed by atoms with van der Waals surface area (Å²) in [5.41, 5.74) is 8.34. The fraction of sp³-hybridized carbons (Fsp3) is 0.207. The van der Waals surface area contributed by atoms with Crippen LogP contribution >= 0.6 is 11.6 Å². The predicted octanol–water partition coefficient (Wildman–Crippen LogP) is 7.06. The number of carbonyl (C=O) groups is 1. The van der Waals surface area contributed by atoms with Crippen LogP contribution in [0.5, 0.6) is 5.75 Å². The van der Waals surface area contributed by atoms with Crippen molar-refractivity contribution < 1.29 is 9.53 Å². The number of amides is 1. The van der Waals surface area contributed by atoms with E-state index in [9.17, 15) is 4.79 Å². The van der Waals surface area contributed by atoms with E-state index >= 15 is 0 Å². The summed E-state index contributed by atoms with van der Waals surface area (Å²) in [4.78, 5) is 18.1. The summed E-state index contributed by atoms with van der Waals surface area (Å²) in [6.07, 6.45) is 1.61. The number of pyridine rings is 1. The number of ether oxygens (including phenoxy) is 1. The van der Waals surface area contributed by atoms with E-state index in [2.05, 4.69) is 29.6 Å². The molecule has 1 heterocycles. The topological polar surface area (TPSA) is 63.6 Å². The number of nitrogens with one attached hydrogen (secondary N) is 1. The van der Waals surface area contributed by atoms with Gasteiger partial charge in [0.05, 0.1) is 34.1 Å². The van der Waals surface area contributed by atoms with Gasteiger partial charge in [-0.05, 0) is 67.3 Å². The van der Waals surface area contributed by atoms with Gasteiger partial charge in [-0.15, -0.1) is 0 Å². The highest BCUT2D eigenvalue weighted by molar-refractivity contribution is 6.35. The van der Waals surface area contributed by atoms with Gasteiger partial charge in [0.15, 0.2) is 0 Å². The molecule has 4 rings (SSSR count). The minimum atomic E-state index is -0.317. The molecule has 3 aromatic carbocycles. The largest absolute Gasteiger partial charge is 0.494 e. The molecule has 0 saturated heterocycles. The zero-order valence-corrected chi connectivity index (χ0v) is 20.9. The van der Waals surface area contributed by atoms with Crippen molar-refractivity contribution in [2.75, 3.05) is 6.61 Å². The third kappa shape index (κ3) is 5.52. The second-order valence-electron chi connectivity index (χ2n) is 8.05. The molecule has 0 fully saturated rings. The Morgan fingerprint density at radius 2 is 1.74 bits per heavy atom. The Morgan fingerprint density at radius 1 is 1.00 bits per heavy atom. The van der Waals surface area contributed by atoms with Crippen molar-refractivity contribution in [3.05, 3.63) is 94.5 Å². The minimum absolute atomic E-state index is 0.317. The molecule has 0 radical (unpaired) electrons. The van der Waals surface area contributed by atoms with Crippen molar-refractivity contribution in [2.24, 2.45) is 5.10 Å². The maximum Gasteiger partial charge on any atom is 0.272 e. The van der Waals surface area contributed by atoms with Gasteiger partial charge in [0, 0.05) is 10.9 Å². The summed E-state index contributed by atoms with van der Waals surface area (Å²) in [5.74, 6) is 0.485. The number of para-hydroxylation sites is 1. The molecule has 0 spiro atoms. The first-order valence-electron chi connectivity index (χ1n) is 11.8. The summed E-state index contributed by atoms with van der Waals surface area (Å²) in [6, 6.07) is 23.1. The number of hydrazone groups is 1. The monoisotopic (exact) mass is 485 g/mol. The molecule has 1 amide bonds. The average Bonchev–Trinajstić information content (AvgIpc) is 2.90. The average molecular weight is 486 g/mol. The van der Waals surface area contributed by atoms with E-state index < -0.39 is 0 Å². The number of aryl methyl sites for hydroxylation is 1. The molecule has 178 valence electrons. The van der Waals surface area contributed by atoms with Crippen LogP contribution in [-0.2, 0) is 6.42 Å². The Kier molecular flexibility index (Phi) is 7.78. The first-order chi connectivity index (χ1) is 17.0. The summed E-state index contributed by atoms with van der Waals surface area (Å²) >= 11 is 6.47. The summed E-state index contributed by atoms with van der Waals surface area (Å²) in [5, 5.41) is 5.62. The van der Waals surface area contributed by atoms with Gasteiger partial charge in [-0.25, -0.2) is 10.4 Å². The molecule has 0 atom stereocenters. The summed E-state index contributed by atoms with van der Waals surface area (Å²) in [6.45, 7) is 6.67. The molecule has 0 unspecified atom stereocenters. The quantitative estimate of drug-likeness (QED) is 0.214. The molecule has 1 N–H and O–H groups in total. The fourth-order valence-corrected chi connectivity index (χ4v) is 4.11. The van der Waals surface area contributed by atoms with E-state index in [1.165, 1.54) is 5.56 Å². The number of aromatic nitrogens is 1. The zero-order valence-electron chi connectivity index (χ0n) is 20.1. The number of nitrogens with zero attached hydrogens (tertiary/aromatic N) is 2. The van der Waals surface area contributed by atoms with E-state index in [1.54, 1.807) is 12.1 Å². The highest BCUT2D eigenvalue weighted by atomic mass is 35.5. The van der Waals surface area contributed by atoms with Gasteiger partial charge in [-0.3, -0.25) is 4.79 Å².